The topological polar surface area (TPSA) is 7.68 Å². The Kier molecular flexibility index (Phi) is 17.3. The Bertz CT molecular complexity index is 5500. The Morgan fingerprint density at radius 1 is 0.235 bits per heavy atom. The number of halogens is 21. The summed E-state index contributed by atoms with van der Waals surface area (Å²) in [5, 5.41) is 14.9. The molecule has 0 aromatic heterocycles. The van der Waals surface area contributed by atoms with E-state index in [-0.39, 0.29) is 0 Å². The van der Waals surface area contributed by atoms with Crippen LogP contribution in [0, 0.1) is 116 Å². The van der Waals surface area contributed by atoms with Gasteiger partial charge in [0.05, 0.1) is 5.69 Å². The summed E-state index contributed by atoms with van der Waals surface area (Å²) >= 11 is 3.69. The van der Waals surface area contributed by atoms with Gasteiger partial charge in [-0.2, -0.15) is 0 Å². The molecule has 15 rings (SSSR count). The number of fused-ring (bicyclic) bond motifs is 9. The lowest BCUT2D eigenvalue weighted by Crippen LogP contribution is -2.96. The number of hydrogen-bond donors (Lipinski definition) is 1. The van der Waals surface area contributed by atoms with Crippen LogP contribution in [-0.2, 0) is 0 Å². The lowest BCUT2D eigenvalue weighted by Gasteiger charge is -2.44. The Balaban J connectivity index is 0.000000179. The third-order valence-electron chi connectivity index (χ3n) is 18.3. The maximum absolute atomic E-state index is 15.4. The molecule has 508 valence electrons. The van der Waals surface area contributed by atoms with E-state index in [4.69, 9.17) is 0 Å². The van der Waals surface area contributed by atoms with E-state index in [1.54, 1.807) is 0 Å². The minimum Gasteiger partial charge on any atom is -0.310 e. The molecule has 0 bridgehead atoms. The van der Waals surface area contributed by atoms with Crippen molar-refractivity contribution in [2.75, 3.05) is 4.90 Å². The standard InChI is InChI=1S/C54H35BrN2.C24BF20/c55-39-25-27-40(28-26-39)56(52-33-36-13-1-4-16-43(36)46-19-7-10-22-49(46)52)41-29-31-42(32-30-41)57(53-34-37-14-2-5-17-44(37)47-20-8-11-23-50(47)53)54-35-38-15-3-6-18-45(38)48-21-9-12-24-51(48)54;26-5-1(6(27)14(35)21(42)13(5)34)25(2-7(28)15(36)22(43)16(37)8(2)29,3-9(30)17(38)23(44)18(39)10(3)31)4-11(32)19(40)24(45)20(41)12(4)33/h1-35H;/q;-1/p+1. The van der Waals surface area contributed by atoms with Gasteiger partial charge in [-0.1, -0.05) is 149 Å². The number of quaternary nitrogens is 1. The van der Waals surface area contributed by atoms with Crippen molar-refractivity contribution in [3.63, 3.8) is 0 Å². The molecule has 0 saturated heterocycles. The molecule has 0 radical (unpaired) electrons. The summed E-state index contributed by atoms with van der Waals surface area (Å²) in [6.45, 7) is 0. The summed E-state index contributed by atoms with van der Waals surface area (Å²) in [5.41, 5.74) is -7.39. The fourth-order valence-electron chi connectivity index (χ4n) is 13.9. The summed E-state index contributed by atoms with van der Waals surface area (Å²) in [5.74, 6) is -71.4. The molecule has 15 aromatic carbocycles. The molecule has 0 unspecified atom stereocenters. The van der Waals surface area contributed by atoms with Crippen molar-refractivity contribution in [2.45, 2.75) is 0 Å². The molecular weight excluding hydrogens is 1440 g/mol. The van der Waals surface area contributed by atoms with Crippen LogP contribution in [0.3, 0.4) is 0 Å². The summed E-state index contributed by atoms with van der Waals surface area (Å²) < 4.78 is 295. The zero-order chi connectivity index (χ0) is 72.2. The normalized spacial score (nSPS) is 11.9. The largest absolute Gasteiger partial charge is 0.310 e. The second-order valence-electron chi connectivity index (χ2n) is 23.6. The number of anilines is 3. The van der Waals surface area contributed by atoms with E-state index in [9.17, 15) is 52.7 Å². The molecule has 2 nitrogen and oxygen atoms in total. The molecule has 0 aliphatic heterocycles. The van der Waals surface area contributed by atoms with Crippen molar-refractivity contribution < 1.29 is 92.7 Å². The lowest BCUT2D eigenvalue weighted by atomic mass is 9.12. The van der Waals surface area contributed by atoms with Crippen LogP contribution in [-0.4, -0.2) is 6.15 Å². The summed E-state index contributed by atoms with van der Waals surface area (Å²) in [6, 6.07) is 77.9. The maximum Gasteiger partial charge on any atom is 0.200 e. The van der Waals surface area contributed by atoms with Crippen molar-refractivity contribution in [3.8, 4) is 0 Å². The van der Waals surface area contributed by atoms with Gasteiger partial charge in [0, 0.05) is 56.3 Å². The average Bonchev–Trinajstić information content (AvgIpc) is 0.681. The number of nitrogens with one attached hydrogen (secondary N) is 1. The Morgan fingerprint density at radius 2 is 0.471 bits per heavy atom. The van der Waals surface area contributed by atoms with Crippen LogP contribution in [0.2, 0.25) is 0 Å². The van der Waals surface area contributed by atoms with Gasteiger partial charge in [0.15, 0.2) is 69.8 Å². The monoisotopic (exact) mass is 1470 g/mol. The molecule has 0 saturated carbocycles. The predicted octanol–water partition coefficient (Wildman–Crippen LogP) is 20.9. The highest BCUT2D eigenvalue weighted by Crippen LogP contribution is 2.44. The molecule has 0 fully saturated rings. The average molecular weight is 1470 g/mol. The van der Waals surface area contributed by atoms with E-state index in [1.807, 2.05) is 0 Å². The van der Waals surface area contributed by atoms with Crippen LogP contribution in [0.5, 0.6) is 0 Å². The van der Waals surface area contributed by atoms with Gasteiger partial charge in [0.1, 0.15) is 69.7 Å². The second kappa shape index (κ2) is 26.1. The fourth-order valence-corrected chi connectivity index (χ4v) is 14.1. The second-order valence-corrected chi connectivity index (χ2v) is 24.5. The van der Waals surface area contributed by atoms with Gasteiger partial charge in [-0.05, 0) is 103 Å². The van der Waals surface area contributed by atoms with Crippen LogP contribution in [0.15, 0.2) is 217 Å². The van der Waals surface area contributed by atoms with E-state index in [0.29, 0.717) is 0 Å². The van der Waals surface area contributed by atoms with Crippen molar-refractivity contribution in [1.82, 2.24) is 0 Å². The van der Waals surface area contributed by atoms with E-state index >= 15 is 35.1 Å². The first-order chi connectivity index (χ1) is 48.9. The molecule has 1 N–H and O–H groups in total. The third kappa shape index (κ3) is 10.5. The highest BCUT2D eigenvalue weighted by molar-refractivity contribution is 9.10. The number of rotatable bonds is 10. The first-order valence-electron chi connectivity index (χ1n) is 30.4. The maximum atomic E-state index is 15.4. The Hall–Kier alpha value is -11.2. The molecule has 0 amide bonds. The summed E-state index contributed by atoms with van der Waals surface area (Å²) in [6.07, 6.45) is -7.22. The van der Waals surface area contributed by atoms with Gasteiger partial charge >= 0.3 is 0 Å². The zero-order valence-corrected chi connectivity index (χ0v) is 52.8. The fraction of sp³-hybridized carbons (Fsp3) is 0. The van der Waals surface area contributed by atoms with Gasteiger partial charge < -0.3 is 4.90 Å². The van der Waals surface area contributed by atoms with E-state index < -0.39 is 144 Å². The molecular formula is C78H36BBrF20N2. The van der Waals surface area contributed by atoms with Crippen LogP contribution >= 0.6 is 15.9 Å². The molecule has 0 heterocycles. The molecule has 15 aromatic rings. The minimum absolute atomic E-state index is 1.05. The SMILES string of the molecule is Brc1ccc(N(c2ccc([NH+](c3cc4ccccc4c4ccccc34)c3cc4ccccc4c4ccccc34)cc2)c2cc3ccccc3c3ccccc23)cc1.Fc1c(F)c(F)c([B-](c2c(F)c(F)c(F)c(F)c2F)(c2c(F)c(F)c(F)c(F)c2F)c2c(F)c(F)c(F)c(F)c2F)c(F)c1F. The van der Waals surface area contributed by atoms with Gasteiger partial charge in [0.25, 0.3) is 0 Å². The van der Waals surface area contributed by atoms with Crippen LogP contribution < -0.4 is 31.7 Å². The van der Waals surface area contributed by atoms with Gasteiger partial charge in [-0.15, -0.1) is 21.9 Å². The smallest absolute Gasteiger partial charge is 0.200 e. The van der Waals surface area contributed by atoms with E-state index in [2.05, 4.69) is 233 Å². The molecule has 102 heavy (non-hydrogen) atoms. The van der Waals surface area contributed by atoms with Gasteiger partial charge in [-0.25, -0.2) is 92.7 Å². The Morgan fingerprint density at radius 3 is 0.784 bits per heavy atom. The predicted molar refractivity (Wildman–Crippen MR) is 356 cm³/mol. The molecule has 0 aliphatic carbocycles. The van der Waals surface area contributed by atoms with Crippen molar-refractivity contribution in [2.24, 2.45) is 0 Å². The zero-order valence-electron chi connectivity index (χ0n) is 51.2. The number of nitrogens with zero attached hydrogens (tertiary/aromatic N) is 1. The first-order valence-corrected chi connectivity index (χ1v) is 31.2. The first kappa shape index (κ1) is 67.9. The van der Waals surface area contributed by atoms with Crippen LogP contribution in [0.4, 0.5) is 122 Å². The van der Waals surface area contributed by atoms with Crippen LogP contribution in [0.25, 0.3) is 64.6 Å². The minimum atomic E-state index is -7.22. The highest BCUT2D eigenvalue weighted by atomic mass is 79.9. The molecule has 0 aliphatic rings. The van der Waals surface area contributed by atoms with E-state index in [0.717, 1.165) is 21.5 Å². The van der Waals surface area contributed by atoms with Crippen molar-refractivity contribution in [1.29, 1.82) is 0 Å². The molecule has 0 spiro atoms. The number of hydrogen-bond acceptors (Lipinski definition) is 1. The molecule has 24 heteroatoms. The summed E-state index contributed by atoms with van der Waals surface area (Å²) in [7, 11) is 0. The molecule has 0 atom stereocenters. The third-order valence-corrected chi connectivity index (χ3v) is 18.8. The quantitative estimate of drug-likeness (QED) is 0.0471. The number of benzene rings is 15. The highest BCUT2D eigenvalue weighted by Gasteiger charge is 2.52. The summed E-state index contributed by atoms with van der Waals surface area (Å²) in [4.78, 5) is 3.62. The van der Waals surface area contributed by atoms with E-state index in [1.165, 1.54) is 86.6 Å². The van der Waals surface area contributed by atoms with Crippen LogP contribution in [0.1, 0.15) is 0 Å². The lowest BCUT2D eigenvalue weighted by molar-refractivity contribution is -0.678. The van der Waals surface area contributed by atoms with Gasteiger partial charge in [0.2, 0.25) is 0 Å². The van der Waals surface area contributed by atoms with Gasteiger partial charge in [-0.3, -0.25) is 0 Å². The Labute approximate surface area is 570 Å². The van der Waals surface area contributed by atoms with Crippen molar-refractivity contribution in [3.05, 3.63) is 333 Å². The van der Waals surface area contributed by atoms with Crippen molar-refractivity contribution >= 4 is 143 Å².